The average Bonchev–Trinajstić information content (AvgIpc) is 3.13. The highest BCUT2D eigenvalue weighted by Crippen LogP contribution is 2.44. The molecule has 130 valence electrons. The van der Waals surface area contributed by atoms with Crippen LogP contribution in [0.1, 0.15) is 20.7 Å². The number of nitrogens with zero attached hydrogens (tertiary/aromatic N) is 1. The van der Waals surface area contributed by atoms with E-state index >= 15 is 0 Å². The summed E-state index contributed by atoms with van der Waals surface area (Å²) < 4.78 is 0. The molecule has 5 rings (SSSR count). The van der Waals surface area contributed by atoms with Crippen LogP contribution in [0.3, 0.4) is 0 Å². The number of hydrogen-bond acceptors (Lipinski definition) is 4. The second kappa shape index (κ2) is 5.96. The molecule has 4 heteroatoms. The van der Waals surface area contributed by atoms with Crippen LogP contribution in [0.25, 0.3) is 10.8 Å². The summed E-state index contributed by atoms with van der Waals surface area (Å²) in [5.74, 6) is -0.387. The van der Waals surface area contributed by atoms with Crippen molar-refractivity contribution < 1.29 is 9.59 Å². The van der Waals surface area contributed by atoms with E-state index in [1.165, 1.54) is 4.90 Å². The predicted octanol–water partition coefficient (Wildman–Crippen LogP) is 5.23. The van der Waals surface area contributed by atoms with Gasteiger partial charge in [0, 0.05) is 23.1 Å². The van der Waals surface area contributed by atoms with Crippen molar-refractivity contribution in [3.63, 3.8) is 0 Å². The van der Waals surface area contributed by atoms with Crippen molar-refractivity contribution in [2.45, 2.75) is 4.90 Å². The lowest BCUT2D eigenvalue weighted by atomic mass is 10.0. The fraction of sp³-hybridized carbons (Fsp3) is 0.0435. The molecule has 0 atom stereocenters. The molecule has 0 amide bonds. The summed E-state index contributed by atoms with van der Waals surface area (Å²) in [6, 6.07) is 19.6. The minimum absolute atomic E-state index is 0.194. The molecule has 3 aromatic carbocycles. The van der Waals surface area contributed by atoms with Crippen molar-refractivity contribution in [2.24, 2.45) is 0 Å². The Morgan fingerprint density at radius 3 is 2.04 bits per heavy atom. The molecular formula is C23H15NO2S. The van der Waals surface area contributed by atoms with Crippen LogP contribution in [-0.2, 0) is 0 Å². The summed E-state index contributed by atoms with van der Waals surface area (Å²) in [6.07, 6.45) is 3.53. The first-order valence-electron chi connectivity index (χ1n) is 8.68. The maximum Gasteiger partial charge on any atom is 0.197 e. The van der Waals surface area contributed by atoms with Crippen LogP contribution in [0.2, 0.25) is 0 Å². The third kappa shape index (κ3) is 2.45. The van der Waals surface area contributed by atoms with E-state index in [1.807, 2.05) is 61.7 Å². The Balaban J connectivity index is 1.54. The summed E-state index contributed by atoms with van der Waals surface area (Å²) in [7, 11) is 1.99. The SMILES string of the molecule is CN1/C(=C/C=C2C(=O)c3cc4ccccc4cc3C2=O)Sc2ccccc21. The first kappa shape index (κ1) is 16.1. The number of ketones is 2. The molecule has 0 unspecified atom stereocenters. The second-order valence-electron chi connectivity index (χ2n) is 6.62. The molecular weight excluding hydrogens is 354 g/mol. The van der Waals surface area contributed by atoms with Gasteiger partial charge >= 0.3 is 0 Å². The van der Waals surface area contributed by atoms with Crippen molar-refractivity contribution in [3.8, 4) is 0 Å². The number of Topliss-reactive ketones (excluding diaryl/α,β-unsaturated/α-hetero) is 2. The van der Waals surface area contributed by atoms with Crippen LogP contribution < -0.4 is 4.90 Å². The third-order valence-electron chi connectivity index (χ3n) is 5.03. The van der Waals surface area contributed by atoms with Gasteiger partial charge in [-0.05, 0) is 47.2 Å². The monoisotopic (exact) mass is 369 g/mol. The fourth-order valence-corrected chi connectivity index (χ4v) is 4.63. The number of fused-ring (bicyclic) bond motifs is 3. The Hall–Kier alpha value is -3.11. The second-order valence-corrected chi connectivity index (χ2v) is 7.68. The first-order chi connectivity index (χ1) is 13.1. The van der Waals surface area contributed by atoms with E-state index in [1.54, 1.807) is 17.8 Å². The van der Waals surface area contributed by atoms with Gasteiger partial charge in [-0.3, -0.25) is 9.59 Å². The predicted molar refractivity (Wildman–Crippen MR) is 109 cm³/mol. The molecule has 0 saturated heterocycles. The number of anilines is 1. The highest BCUT2D eigenvalue weighted by Gasteiger charge is 2.33. The topological polar surface area (TPSA) is 37.4 Å². The van der Waals surface area contributed by atoms with Crippen molar-refractivity contribution in [1.82, 2.24) is 0 Å². The van der Waals surface area contributed by atoms with Gasteiger partial charge in [0.1, 0.15) is 0 Å². The molecule has 1 aliphatic carbocycles. The van der Waals surface area contributed by atoms with Crippen LogP contribution in [0, 0.1) is 0 Å². The normalized spacial score (nSPS) is 17.0. The molecule has 0 fully saturated rings. The number of carbonyl (C=O) groups is 2. The molecule has 0 saturated carbocycles. The van der Waals surface area contributed by atoms with Gasteiger partial charge in [0.2, 0.25) is 0 Å². The summed E-state index contributed by atoms with van der Waals surface area (Å²) >= 11 is 1.64. The summed E-state index contributed by atoms with van der Waals surface area (Å²) in [5, 5.41) is 2.93. The number of para-hydroxylation sites is 1. The molecule has 1 heterocycles. The van der Waals surface area contributed by atoms with Gasteiger partial charge in [0.05, 0.1) is 16.3 Å². The zero-order valence-electron chi connectivity index (χ0n) is 14.6. The minimum Gasteiger partial charge on any atom is -0.338 e. The average molecular weight is 369 g/mol. The Bertz CT molecular complexity index is 1150. The van der Waals surface area contributed by atoms with Crippen molar-refractivity contribution in [2.75, 3.05) is 11.9 Å². The van der Waals surface area contributed by atoms with Crippen LogP contribution in [0.4, 0.5) is 5.69 Å². The van der Waals surface area contributed by atoms with Gasteiger partial charge in [-0.2, -0.15) is 0 Å². The van der Waals surface area contributed by atoms with E-state index in [9.17, 15) is 9.59 Å². The van der Waals surface area contributed by atoms with Gasteiger partial charge in [0.25, 0.3) is 0 Å². The van der Waals surface area contributed by atoms with E-state index in [-0.39, 0.29) is 17.1 Å². The lowest BCUT2D eigenvalue weighted by Crippen LogP contribution is -2.09. The maximum atomic E-state index is 12.8. The van der Waals surface area contributed by atoms with E-state index in [0.717, 1.165) is 21.5 Å². The van der Waals surface area contributed by atoms with Crippen LogP contribution in [-0.4, -0.2) is 18.6 Å². The summed E-state index contributed by atoms with van der Waals surface area (Å²) in [4.78, 5) is 28.9. The van der Waals surface area contributed by atoms with Crippen molar-refractivity contribution in [1.29, 1.82) is 0 Å². The van der Waals surface area contributed by atoms with Gasteiger partial charge in [0.15, 0.2) is 11.6 Å². The number of hydrogen-bond donors (Lipinski definition) is 0. The Morgan fingerprint density at radius 2 is 1.41 bits per heavy atom. The molecule has 0 aromatic heterocycles. The molecule has 1 aliphatic heterocycles. The quantitative estimate of drug-likeness (QED) is 0.435. The van der Waals surface area contributed by atoms with Gasteiger partial charge in [-0.1, -0.05) is 48.2 Å². The highest BCUT2D eigenvalue weighted by atomic mass is 32.2. The van der Waals surface area contributed by atoms with Crippen LogP contribution in [0.15, 0.2) is 88.3 Å². The largest absolute Gasteiger partial charge is 0.338 e. The van der Waals surface area contributed by atoms with Gasteiger partial charge in [-0.25, -0.2) is 0 Å². The molecule has 27 heavy (non-hydrogen) atoms. The smallest absolute Gasteiger partial charge is 0.197 e. The molecule has 3 nitrogen and oxygen atoms in total. The van der Waals surface area contributed by atoms with E-state index in [0.29, 0.717) is 11.1 Å². The number of allylic oxidation sites excluding steroid dienone is 3. The zero-order valence-corrected chi connectivity index (χ0v) is 15.4. The molecule has 0 N–H and O–H groups in total. The number of carbonyl (C=O) groups excluding carboxylic acids is 2. The molecule has 2 aliphatic rings. The van der Waals surface area contributed by atoms with Crippen molar-refractivity contribution >= 4 is 39.8 Å². The minimum atomic E-state index is -0.194. The van der Waals surface area contributed by atoms with Gasteiger partial charge < -0.3 is 4.90 Å². The molecule has 0 spiro atoms. The standard InChI is InChI=1S/C23H15NO2S/c1-24-19-8-4-5-9-20(19)27-21(24)11-10-16-22(25)17-12-14-6-2-3-7-15(14)13-18(17)23(16)26/h2-13H,1H3/b21-11-. The fourth-order valence-electron chi connectivity index (χ4n) is 3.58. The number of thioether (sulfide) groups is 1. The first-order valence-corrected chi connectivity index (χ1v) is 9.50. The Morgan fingerprint density at radius 1 is 0.815 bits per heavy atom. The van der Waals surface area contributed by atoms with Crippen LogP contribution in [0.5, 0.6) is 0 Å². The molecule has 3 aromatic rings. The highest BCUT2D eigenvalue weighted by molar-refractivity contribution is 8.03. The third-order valence-corrected chi connectivity index (χ3v) is 6.21. The lowest BCUT2D eigenvalue weighted by Gasteiger charge is -2.12. The van der Waals surface area contributed by atoms with E-state index < -0.39 is 0 Å². The lowest BCUT2D eigenvalue weighted by molar-refractivity contribution is 0.0989. The Labute approximate surface area is 161 Å². The Kier molecular flexibility index (Phi) is 3.55. The molecule has 0 bridgehead atoms. The molecule has 0 radical (unpaired) electrons. The summed E-state index contributed by atoms with van der Waals surface area (Å²) in [5.41, 5.74) is 2.36. The van der Waals surface area contributed by atoms with E-state index in [2.05, 4.69) is 17.0 Å². The summed E-state index contributed by atoms with van der Waals surface area (Å²) in [6.45, 7) is 0. The number of benzene rings is 3. The van der Waals surface area contributed by atoms with Crippen LogP contribution >= 0.6 is 11.8 Å². The van der Waals surface area contributed by atoms with Gasteiger partial charge in [-0.15, -0.1) is 0 Å². The zero-order chi connectivity index (χ0) is 18.5. The number of rotatable bonds is 1. The van der Waals surface area contributed by atoms with Crippen molar-refractivity contribution in [3.05, 3.63) is 94.5 Å². The maximum absolute atomic E-state index is 12.8. The van der Waals surface area contributed by atoms with E-state index in [4.69, 9.17) is 0 Å².